The number of anilines is 1. The molecule has 1 N–H and O–H groups in total. The molecular weight excluding hydrogens is 186 g/mol. The molecule has 0 unspecified atom stereocenters. The molecule has 0 heterocycles. The molecule has 0 bridgehead atoms. The summed E-state index contributed by atoms with van der Waals surface area (Å²) in [7, 11) is -3.27. The Morgan fingerprint density at radius 3 is 2.62 bits per heavy atom. The summed E-state index contributed by atoms with van der Waals surface area (Å²) in [6, 6.07) is 9.36. The second kappa shape index (κ2) is 4.09. The van der Waals surface area contributed by atoms with Gasteiger partial charge in [0.15, 0.2) is 0 Å². The van der Waals surface area contributed by atoms with Crippen LogP contribution in [0.4, 0.5) is 5.69 Å². The first-order valence-electron chi connectivity index (χ1n) is 3.71. The van der Waals surface area contributed by atoms with Crippen LogP contribution < -0.4 is 4.72 Å². The fraction of sp³-hybridized carbons (Fsp3) is 0.111. The van der Waals surface area contributed by atoms with Gasteiger partial charge in [0.25, 0.3) is 0 Å². The fourth-order valence-electron chi connectivity index (χ4n) is 0.831. The minimum atomic E-state index is -3.27. The number of hydrogen-bond acceptors (Lipinski definition) is 2. The molecule has 13 heavy (non-hydrogen) atoms. The zero-order valence-corrected chi connectivity index (χ0v) is 7.84. The second-order valence-electron chi connectivity index (χ2n) is 2.46. The van der Waals surface area contributed by atoms with E-state index in [4.69, 9.17) is 0 Å². The Labute approximate surface area is 78.1 Å². The monoisotopic (exact) mass is 196 g/mol. The standard InChI is InChI=1S/C9H10NO2S/c1-2-8-13(11,12)10-9-6-4-3-5-7-9/h2,4-7,10H,1,8H2. The molecule has 0 saturated heterocycles. The highest BCUT2D eigenvalue weighted by Crippen LogP contribution is 2.07. The summed E-state index contributed by atoms with van der Waals surface area (Å²) in [5.74, 6) is -0.0778. The third-order valence-electron chi connectivity index (χ3n) is 1.33. The van der Waals surface area contributed by atoms with Crippen molar-refractivity contribution in [2.24, 2.45) is 0 Å². The van der Waals surface area contributed by atoms with Crippen LogP contribution in [0.25, 0.3) is 0 Å². The van der Waals surface area contributed by atoms with E-state index < -0.39 is 10.0 Å². The van der Waals surface area contributed by atoms with Crippen molar-refractivity contribution >= 4 is 15.7 Å². The topological polar surface area (TPSA) is 46.2 Å². The van der Waals surface area contributed by atoms with Gasteiger partial charge >= 0.3 is 0 Å². The normalized spacial score (nSPS) is 10.8. The van der Waals surface area contributed by atoms with E-state index in [0.29, 0.717) is 5.69 Å². The first-order chi connectivity index (χ1) is 6.14. The highest BCUT2D eigenvalue weighted by atomic mass is 32.2. The molecule has 1 aromatic carbocycles. The summed E-state index contributed by atoms with van der Waals surface area (Å²) in [6.07, 6.45) is 1.34. The third-order valence-corrected chi connectivity index (χ3v) is 2.55. The fourth-order valence-corrected chi connectivity index (χ4v) is 1.72. The molecule has 1 rings (SSSR count). The molecule has 3 nitrogen and oxygen atoms in total. The van der Waals surface area contributed by atoms with E-state index >= 15 is 0 Å². The molecule has 0 amide bonds. The van der Waals surface area contributed by atoms with E-state index in [9.17, 15) is 8.42 Å². The number of rotatable bonds is 4. The summed E-state index contributed by atoms with van der Waals surface area (Å²) in [5, 5.41) is 0. The Bertz CT molecular complexity index is 370. The largest absolute Gasteiger partial charge is 0.283 e. The van der Waals surface area contributed by atoms with Crippen molar-refractivity contribution in [3.8, 4) is 0 Å². The van der Waals surface area contributed by atoms with Gasteiger partial charge in [0, 0.05) is 5.69 Å². The minimum absolute atomic E-state index is 0.0778. The van der Waals surface area contributed by atoms with Crippen LogP contribution in [-0.2, 0) is 10.0 Å². The lowest BCUT2D eigenvalue weighted by molar-refractivity contribution is 0.604. The van der Waals surface area contributed by atoms with Crippen molar-refractivity contribution in [2.45, 2.75) is 0 Å². The molecule has 0 fully saturated rings. The van der Waals surface area contributed by atoms with Gasteiger partial charge in [-0.15, -0.1) is 6.58 Å². The Balaban J connectivity index is 2.75. The van der Waals surface area contributed by atoms with Crippen LogP contribution in [0.1, 0.15) is 0 Å². The Morgan fingerprint density at radius 1 is 1.46 bits per heavy atom. The van der Waals surface area contributed by atoms with Gasteiger partial charge in [-0.05, 0) is 18.2 Å². The maximum Gasteiger partial charge on any atom is 0.236 e. The van der Waals surface area contributed by atoms with Crippen molar-refractivity contribution in [1.29, 1.82) is 0 Å². The number of nitrogens with one attached hydrogen (secondary N) is 1. The van der Waals surface area contributed by atoms with Gasteiger partial charge in [0.1, 0.15) is 0 Å². The number of sulfonamides is 1. The molecule has 69 valence electrons. The molecule has 0 atom stereocenters. The molecular formula is C9H10NO2S. The highest BCUT2D eigenvalue weighted by Gasteiger charge is 2.06. The highest BCUT2D eigenvalue weighted by molar-refractivity contribution is 7.92. The van der Waals surface area contributed by atoms with Crippen LogP contribution in [0, 0.1) is 6.07 Å². The molecule has 4 heteroatoms. The average Bonchev–Trinajstić information content (AvgIpc) is 2.04. The Hall–Kier alpha value is -1.29. The van der Waals surface area contributed by atoms with Crippen molar-refractivity contribution in [3.63, 3.8) is 0 Å². The predicted molar refractivity (Wildman–Crippen MR) is 52.9 cm³/mol. The first kappa shape index (κ1) is 9.80. The van der Waals surface area contributed by atoms with Crippen LogP contribution in [-0.4, -0.2) is 14.2 Å². The molecule has 0 saturated carbocycles. The summed E-state index contributed by atoms with van der Waals surface area (Å²) in [5.41, 5.74) is 0.542. The van der Waals surface area contributed by atoms with E-state index in [1.807, 2.05) is 0 Å². The van der Waals surface area contributed by atoms with Crippen molar-refractivity contribution < 1.29 is 8.42 Å². The van der Waals surface area contributed by atoms with Gasteiger partial charge in [-0.1, -0.05) is 18.2 Å². The van der Waals surface area contributed by atoms with Crippen LogP contribution in [0.15, 0.2) is 36.9 Å². The smallest absolute Gasteiger partial charge is 0.236 e. The SMILES string of the molecule is C=CCS(=O)(=O)Nc1cc[c]cc1. The average molecular weight is 196 g/mol. The first-order valence-corrected chi connectivity index (χ1v) is 5.37. The Morgan fingerprint density at radius 2 is 2.08 bits per heavy atom. The third kappa shape index (κ3) is 3.29. The second-order valence-corrected chi connectivity index (χ2v) is 4.23. The van der Waals surface area contributed by atoms with Gasteiger partial charge < -0.3 is 0 Å². The summed E-state index contributed by atoms with van der Waals surface area (Å²) >= 11 is 0. The van der Waals surface area contributed by atoms with E-state index in [0.717, 1.165) is 0 Å². The molecule has 0 spiro atoms. The summed E-state index contributed by atoms with van der Waals surface area (Å²) in [6.45, 7) is 3.36. The van der Waals surface area contributed by atoms with E-state index in [1.165, 1.54) is 6.08 Å². The Kier molecular flexibility index (Phi) is 3.08. The van der Waals surface area contributed by atoms with Crippen molar-refractivity contribution in [3.05, 3.63) is 43.0 Å². The molecule has 0 aliphatic rings. The molecule has 0 aliphatic heterocycles. The van der Waals surface area contributed by atoms with Crippen LogP contribution >= 0.6 is 0 Å². The van der Waals surface area contributed by atoms with Gasteiger partial charge in [-0.2, -0.15) is 0 Å². The van der Waals surface area contributed by atoms with E-state index in [-0.39, 0.29) is 5.75 Å². The van der Waals surface area contributed by atoms with Crippen LogP contribution in [0.5, 0.6) is 0 Å². The maximum absolute atomic E-state index is 11.2. The number of benzene rings is 1. The van der Waals surface area contributed by atoms with E-state index in [1.54, 1.807) is 24.3 Å². The van der Waals surface area contributed by atoms with Crippen molar-refractivity contribution in [2.75, 3.05) is 10.5 Å². The molecule has 1 aromatic rings. The lowest BCUT2D eigenvalue weighted by Crippen LogP contribution is -2.14. The van der Waals surface area contributed by atoms with Gasteiger partial charge in [0.2, 0.25) is 10.0 Å². The summed E-state index contributed by atoms with van der Waals surface area (Å²) < 4.78 is 24.8. The van der Waals surface area contributed by atoms with Gasteiger partial charge in [0.05, 0.1) is 5.75 Å². The lowest BCUT2D eigenvalue weighted by Gasteiger charge is -2.04. The zero-order chi connectivity index (χ0) is 9.73. The molecule has 1 radical (unpaired) electrons. The summed E-state index contributed by atoms with van der Waals surface area (Å²) in [4.78, 5) is 0. The maximum atomic E-state index is 11.2. The number of hydrogen-bond donors (Lipinski definition) is 1. The van der Waals surface area contributed by atoms with Crippen LogP contribution in [0.3, 0.4) is 0 Å². The van der Waals surface area contributed by atoms with Gasteiger partial charge in [-0.3, -0.25) is 4.72 Å². The zero-order valence-electron chi connectivity index (χ0n) is 7.03. The van der Waals surface area contributed by atoms with Crippen LogP contribution in [0.2, 0.25) is 0 Å². The minimum Gasteiger partial charge on any atom is -0.283 e. The van der Waals surface area contributed by atoms with Crippen molar-refractivity contribution in [1.82, 2.24) is 0 Å². The molecule has 0 aliphatic carbocycles. The van der Waals surface area contributed by atoms with E-state index in [2.05, 4.69) is 17.4 Å². The predicted octanol–water partition coefficient (Wildman–Crippen LogP) is 1.41. The molecule has 0 aromatic heterocycles. The van der Waals surface area contributed by atoms with Gasteiger partial charge in [-0.25, -0.2) is 8.42 Å². The quantitative estimate of drug-likeness (QED) is 0.740. The lowest BCUT2D eigenvalue weighted by atomic mass is 10.3.